The quantitative estimate of drug-likeness (QED) is 0.0521. The minimum atomic E-state index is -1.79. The van der Waals surface area contributed by atoms with Gasteiger partial charge in [0.25, 0.3) is 0 Å². The molecule has 2 saturated carbocycles. The number of nitrogens with two attached hydrogens (primary N) is 2. The maximum atomic E-state index is 15.1. The average Bonchev–Trinajstić information content (AvgIpc) is 3.30. The number of carboxylic acid groups (broad SMARTS) is 1. The lowest BCUT2D eigenvalue weighted by molar-refractivity contribution is -0.162. The fraction of sp³-hybridized carbons (Fsp3) is 0.591. The first-order chi connectivity index (χ1) is 25.9. The summed E-state index contributed by atoms with van der Waals surface area (Å²) in [6, 6.07) is 9.66. The van der Waals surface area contributed by atoms with E-state index in [0.29, 0.717) is 17.6 Å². The molecule has 10 N–H and O–H groups in total. The van der Waals surface area contributed by atoms with Gasteiger partial charge in [-0.1, -0.05) is 90.1 Å². The van der Waals surface area contributed by atoms with Crippen LogP contribution in [0.2, 0.25) is 0 Å². The number of carbonyl (C=O) groups is 3. The third-order valence-corrected chi connectivity index (χ3v) is 15.3. The second kappa shape index (κ2) is 13.8. The Morgan fingerprint density at radius 2 is 1.64 bits per heavy atom. The molecule has 12 unspecified atom stereocenters. The summed E-state index contributed by atoms with van der Waals surface area (Å²) in [5.41, 5.74) is 5.35. The van der Waals surface area contributed by atoms with Crippen LogP contribution in [0.4, 0.5) is 0 Å². The number of rotatable bonds is 11. The Bertz CT molecular complexity index is 1960. The highest BCUT2D eigenvalue weighted by atomic mass is 16.4. The van der Waals surface area contributed by atoms with Gasteiger partial charge in [-0.3, -0.25) is 14.6 Å². The molecule has 12 atom stereocenters. The Morgan fingerprint density at radius 3 is 2.23 bits per heavy atom. The molecule has 0 saturated heterocycles. The fourth-order valence-electron chi connectivity index (χ4n) is 12.4. The third kappa shape index (κ3) is 5.84. The monoisotopic (exact) mass is 773 g/mol. The second-order valence-electron chi connectivity index (χ2n) is 18.6. The Morgan fingerprint density at radius 1 is 1.00 bits per heavy atom. The van der Waals surface area contributed by atoms with Gasteiger partial charge >= 0.3 is 5.97 Å². The lowest BCUT2D eigenvalue weighted by Gasteiger charge is -2.68. The van der Waals surface area contributed by atoms with Gasteiger partial charge in [-0.15, -0.1) is 0 Å². The van der Waals surface area contributed by atoms with E-state index in [1.807, 2.05) is 84.0 Å². The van der Waals surface area contributed by atoms with Crippen LogP contribution in [-0.4, -0.2) is 84.1 Å². The number of carbonyl (C=O) groups excluding carboxylic acids is 2. The highest BCUT2D eigenvalue weighted by Gasteiger charge is 2.78. The van der Waals surface area contributed by atoms with Crippen LogP contribution in [0.15, 0.2) is 76.0 Å². The number of guanidine groups is 1. The fourth-order valence-corrected chi connectivity index (χ4v) is 12.4. The number of aliphatic hydroxyl groups is 5. The summed E-state index contributed by atoms with van der Waals surface area (Å²) in [7, 11) is 0. The molecule has 56 heavy (non-hydrogen) atoms. The van der Waals surface area contributed by atoms with Crippen molar-refractivity contribution >= 4 is 29.6 Å². The molecule has 1 aromatic carbocycles. The Balaban J connectivity index is 1.56. The van der Waals surface area contributed by atoms with Gasteiger partial charge in [-0.05, 0) is 60.1 Å². The van der Waals surface area contributed by atoms with Crippen molar-refractivity contribution in [1.82, 2.24) is 0 Å². The van der Waals surface area contributed by atoms with E-state index in [1.54, 1.807) is 12.2 Å². The topological polar surface area (TPSA) is 237 Å². The maximum Gasteiger partial charge on any atom is 0.335 e. The second-order valence-corrected chi connectivity index (χ2v) is 18.6. The molecule has 1 aromatic rings. The van der Waals surface area contributed by atoms with Gasteiger partial charge in [0, 0.05) is 59.5 Å². The highest BCUT2D eigenvalue weighted by molar-refractivity contribution is 6.02. The number of allylic oxidation sites excluding steroid dienone is 1. The van der Waals surface area contributed by atoms with Crippen LogP contribution in [0.25, 0.3) is 6.08 Å². The molecule has 304 valence electrons. The summed E-state index contributed by atoms with van der Waals surface area (Å²) in [6.45, 7) is 12.7. The van der Waals surface area contributed by atoms with Crippen LogP contribution < -0.4 is 11.5 Å². The minimum absolute atomic E-state index is 0.0138. The van der Waals surface area contributed by atoms with Gasteiger partial charge in [0.15, 0.2) is 11.7 Å². The number of ketones is 2. The number of aliphatic hydroxyl groups excluding tert-OH is 3. The number of fused-ring (bicyclic) bond motifs is 2. The molecule has 0 aliphatic heterocycles. The number of hydrogen-bond acceptors (Lipinski definition) is 9. The lowest BCUT2D eigenvalue weighted by Crippen LogP contribution is -2.69. The number of benzene rings is 1. The Kier molecular flexibility index (Phi) is 10.2. The summed E-state index contributed by atoms with van der Waals surface area (Å²) in [6.07, 6.45) is 4.59. The van der Waals surface area contributed by atoms with E-state index in [-0.39, 0.29) is 43.3 Å². The lowest BCUT2D eigenvalue weighted by atomic mass is 9.36. The van der Waals surface area contributed by atoms with Crippen molar-refractivity contribution in [3.8, 4) is 0 Å². The molecule has 0 bridgehead atoms. The van der Waals surface area contributed by atoms with Crippen molar-refractivity contribution in [3.63, 3.8) is 0 Å². The number of aliphatic imine (C=N–C) groups is 1. The molecular formula is C44H59N3O9. The SMILES string of the molecule is CC(O)CC(C(=O)O)=C(O)C(O)C(CN=C(N)N)C(C)C1CC2(O)C=CC3(O)C4=C(C(=O)CC1(C)C42C)C1(C)CCC(=O)C(C)(C)C1C3C=Cc1ccccc1. The Labute approximate surface area is 328 Å². The Hall–Kier alpha value is -4.10. The van der Waals surface area contributed by atoms with Gasteiger partial charge < -0.3 is 42.1 Å². The number of nitrogens with zero attached hydrogens (tertiary/aromatic N) is 1. The van der Waals surface area contributed by atoms with Gasteiger partial charge in [0.2, 0.25) is 0 Å². The number of Topliss-reactive ketones (excluding diaryl/α,β-unsaturated/α-hetero) is 2. The molecule has 2 fully saturated rings. The number of carboxylic acids is 1. The van der Waals surface area contributed by atoms with E-state index in [2.05, 4.69) is 4.99 Å². The van der Waals surface area contributed by atoms with Crippen LogP contribution >= 0.6 is 0 Å². The average molecular weight is 774 g/mol. The van der Waals surface area contributed by atoms with Crippen LogP contribution in [0.3, 0.4) is 0 Å². The van der Waals surface area contributed by atoms with E-state index in [1.165, 1.54) is 6.92 Å². The number of aliphatic carboxylic acids is 1. The van der Waals surface area contributed by atoms with Gasteiger partial charge in [0.1, 0.15) is 23.2 Å². The van der Waals surface area contributed by atoms with Crippen molar-refractivity contribution in [1.29, 1.82) is 0 Å². The summed E-state index contributed by atoms with van der Waals surface area (Å²) in [5, 5.41) is 69.4. The molecule has 0 heterocycles. The minimum Gasteiger partial charge on any atom is -0.509 e. The van der Waals surface area contributed by atoms with E-state index >= 15 is 4.79 Å². The highest BCUT2D eigenvalue weighted by Crippen LogP contribution is 2.78. The zero-order valence-corrected chi connectivity index (χ0v) is 33.5. The molecule has 6 rings (SSSR count). The first kappa shape index (κ1) is 41.5. The standard InChI is InChI=1S/C44H59N3O9/c1-23(48)19-26(37(53)54)33(51)34(52)27(22-47-38(45)46)24(2)29-20-43(55)17-18-44(56)28(14-13-25-11-9-8-10-12-25)35-39(3,4)31(50)15-16-40(35,5)32-30(49)21-41(29,6)42(43,7)36(32)44/h8-14,17-18,23-24,27-29,34-35,48,51-52,55-56H,15-16,19-22H2,1-7H3,(H,53,54)(H4,45,46,47). The molecule has 12 heteroatoms. The molecular weight excluding hydrogens is 714 g/mol. The smallest absolute Gasteiger partial charge is 0.335 e. The first-order valence-electron chi connectivity index (χ1n) is 19.7. The van der Waals surface area contributed by atoms with E-state index in [0.717, 1.165) is 5.56 Å². The maximum absolute atomic E-state index is 15.1. The molecule has 0 spiro atoms. The molecule has 5 aliphatic carbocycles. The van der Waals surface area contributed by atoms with Crippen LogP contribution in [-0.2, 0) is 14.4 Å². The van der Waals surface area contributed by atoms with Crippen LogP contribution in [0.1, 0.15) is 86.1 Å². The van der Waals surface area contributed by atoms with Gasteiger partial charge in [-0.25, -0.2) is 4.79 Å². The molecule has 0 radical (unpaired) electrons. The predicted octanol–water partition coefficient (Wildman–Crippen LogP) is 4.23. The first-order valence-corrected chi connectivity index (χ1v) is 19.7. The molecule has 5 aliphatic rings. The number of hydrogen-bond donors (Lipinski definition) is 8. The summed E-state index contributed by atoms with van der Waals surface area (Å²) < 4.78 is 0. The molecule has 0 aromatic heterocycles. The van der Waals surface area contributed by atoms with Gasteiger partial charge in [0.05, 0.1) is 17.3 Å². The normalized spacial score (nSPS) is 38.3. The van der Waals surface area contributed by atoms with Crippen LogP contribution in [0, 0.1) is 51.2 Å². The third-order valence-electron chi connectivity index (χ3n) is 15.3. The van der Waals surface area contributed by atoms with Crippen LogP contribution in [0.5, 0.6) is 0 Å². The summed E-state index contributed by atoms with van der Waals surface area (Å²) in [5.74, 6) is -6.11. The summed E-state index contributed by atoms with van der Waals surface area (Å²) in [4.78, 5) is 45.3. The summed E-state index contributed by atoms with van der Waals surface area (Å²) >= 11 is 0. The van der Waals surface area contributed by atoms with Crippen molar-refractivity contribution in [2.45, 2.75) is 104 Å². The van der Waals surface area contributed by atoms with Gasteiger partial charge in [-0.2, -0.15) is 0 Å². The zero-order chi connectivity index (χ0) is 41.6. The van der Waals surface area contributed by atoms with Crippen molar-refractivity contribution in [3.05, 3.63) is 76.6 Å². The van der Waals surface area contributed by atoms with E-state index < -0.39 is 98.4 Å². The van der Waals surface area contributed by atoms with E-state index in [9.17, 15) is 40.2 Å². The van der Waals surface area contributed by atoms with E-state index in [4.69, 9.17) is 11.5 Å². The van der Waals surface area contributed by atoms with Crippen molar-refractivity contribution < 1.29 is 45.0 Å². The molecule has 0 amide bonds. The van der Waals surface area contributed by atoms with Crippen molar-refractivity contribution in [2.24, 2.45) is 67.7 Å². The zero-order valence-electron chi connectivity index (χ0n) is 33.5. The predicted molar refractivity (Wildman–Crippen MR) is 212 cm³/mol. The van der Waals surface area contributed by atoms with Crippen molar-refractivity contribution in [2.75, 3.05) is 6.54 Å². The largest absolute Gasteiger partial charge is 0.509 e. The molecule has 12 nitrogen and oxygen atoms in total.